The number of rotatable bonds is 4. The summed E-state index contributed by atoms with van der Waals surface area (Å²) in [6.07, 6.45) is 0. The second kappa shape index (κ2) is 5.80. The summed E-state index contributed by atoms with van der Waals surface area (Å²) in [6.45, 7) is 10.3. The van der Waals surface area contributed by atoms with Crippen LogP contribution in [0.5, 0.6) is 0 Å². The lowest BCUT2D eigenvalue weighted by Gasteiger charge is -2.28. The quantitative estimate of drug-likeness (QED) is 0.906. The van der Waals surface area contributed by atoms with Crippen LogP contribution in [0.2, 0.25) is 0 Å². The van der Waals surface area contributed by atoms with Crippen molar-refractivity contribution in [3.63, 3.8) is 0 Å². The summed E-state index contributed by atoms with van der Waals surface area (Å²) in [7, 11) is 0. The highest BCUT2D eigenvalue weighted by molar-refractivity contribution is 5.47. The van der Waals surface area contributed by atoms with E-state index in [2.05, 4.69) is 35.4 Å². The molecule has 4 heteroatoms. The van der Waals surface area contributed by atoms with Gasteiger partial charge in [0.2, 0.25) is 0 Å². The average molecular weight is 287 g/mol. The Morgan fingerprint density at radius 3 is 2.24 bits per heavy atom. The molecule has 0 radical (unpaired) electrons. The van der Waals surface area contributed by atoms with Gasteiger partial charge in [-0.3, -0.25) is 0 Å². The average Bonchev–Trinajstić information content (AvgIpc) is 2.41. The number of nitrogens with zero attached hydrogens (tertiary/aromatic N) is 2. The molecule has 0 saturated carbocycles. The summed E-state index contributed by atoms with van der Waals surface area (Å²) in [5.74, 6) is 0.885. The minimum absolute atomic E-state index is 0.230. The zero-order valence-corrected chi connectivity index (χ0v) is 13.2. The number of nitrogens with one attached hydrogen (secondary N) is 1. The minimum Gasteiger partial charge on any atom is -0.359 e. The van der Waals surface area contributed by atoms with Gasteiger partial charge >= 0.3 is 0 Å². The number of aromatic nitrogens is 2. The van der Waals surface area contributed by atoms with E-state index in [1.54, 1.807) is 12.1 Å². The fourth-order valence-corrected chi connectivity index (χ4v) is 2.15. The van der Waals surface area contributed by atoms with Gasteiger partial charge in [0.15, 0.2) is 5.82 Å². The third-order valence-electron chi connectivity index (χ3n) is 3.59. The molecule has 0 aliphatic heterocycles. The maximum Gasteiger partial charge on any atom is 0.152 e. The van der Waals surface area contributed by atoms with E-state index in [4.69, 9.17) is 0 Å². The summed E-state index contributed by atoms with van der Waals surface area (Å²) in [6, 6.07) is 8.57. The zero-order chi connectivity index (χ0) is 15.6. The minimum atomic E-state index is -0.355. The molecule has 0 bridgehead atoms. The first kappa shape index (κ1) is 15.4. The molecule has 0 amide bonds. The van der Waals surface area contributed by atoms with Gasteiger partial charge in [0.25, 0.3) is 0 Å². The van der Waals surface area contributed by atoms with E-state index >= 15 is 0 Å². The largest absolute Gasteiger partial charge is 0.359 e. The molecule has 0 saturated heterocycles. The number of hydrogen-bond acceptors (Lipinski definition) is 3. The van der Waals surface area contributed by atoms with Crippen LogP contribution in [0.15, 0.2) is 30.3 Å². The van der Waals surface area contributed by atoms with E-state index < -0.39 is 0 Å². The predicted molar refractivity (Wildman–Crippen MR) is 83.9 cm³/mol. The zero-order valence-electron chi connectivity index (χ0n) is 13.2. The van der Waals surface area contributed by atoms with Crippen LogP contribution < -0.4 is 5.32 Å². The Kier molecular flexibility index (Phi) is 4.26. The van der Waals surface area contributed by atoms with Crippen LogP contribution in [0.25, 0.3) is 0 Å². The Balaban J connectivity index is 2.26. The fraction of sp³-hybridized carbons (Fsp3) is 0.412. The van der Waals surface area contributed by atoms with E-state index in [-0.39, 0.29) is 11.4 Å². The van der Waals surface area contributed by atoms with Gasteiger partial charge in [-0.1, -0.05) is 26.0 Å². The molecule has 1 aromatic heterocycles. The van der Waals surface area contributed by atoms with E-state index in [9.17, 15) is 4.39 Å². The third-order valence-corrected chi connectivity index (χ3v) is 3.59. The molecule has 1 heterocycles. The molecule has 1 aromatic carbocycles. The van der Waals surface area contributed by atoms with Gasteiger partial charge in [0.05, 0.1) is 11.2 Å². The topological polar surface area (TPSA) is 37.8 Å². The molecule has 0 fully saturated rings. The standard InChI is InChI=1S/C17H22FN3/c1-11(2)15-10-12(3)16(21-20-15)19-17(4,5)13-6-8-14(18)9-7-13/h6-11H,1-5H3,(H,19,21). The predicted octanol–water partition coefficient (Wildman–Crippen LogP) is 4.39. The molecular formula is C17H22FN3. The van der Waals surface area contributed by atoms with Gasteiger partial charge in [-0.15, -0.1) is 5.10 Å². The SMILES string of the molecule is Cc1cc(C(C)C)nnc1NC(C)(C)c1ccc(F)cc1. The first-order chi connectivity index (χ1) is 9.79. The maximum absolute atomic E-state index is 13.0. The lowest BCUT2D eigenvalue weighted by molar-refractivity contribution is 0.592. The van der Waals surface area contributed by atoms with Gasteiger partial charge < -0.3 is 5.32 Å². The molecule has 0 unspecified atom stereocenters. The van der Waals surface area contributed by atoms with Crippen molar-refractivity contribution in [1.29, 1.82) is 0 Å². The van der Waals surface area contributed by atoms with Crippen molar-refractivity contribution < 1.29 is 4.39 Å². The van der Waals surface area contributed by atoms with Crippen LogP contribution in [0, 0.1) is 12.7 Å². The molecule has 0 aliphatic rings. The monoisotopic (exact) mass is 287 g/mol. The first-order valence-electron chi connectivity index (χ1n) is 7.18. The number of aryl methyl sites for hydroxylation is 1. The third kappa shape index (κ3) is 3.57. The molecular weight excluding hydrogens is 265 g/mol. The lowest BCUT2D eigenvalue weighted by Crippen LogP contribution is -2.29. The van der Waals surface area contributed by atoms with E-state index in [0.717, 1.165) is 22.6 Å². The Labute approximate surface area is 125 Å². The van der Waals surface area contributed by atoms with Gasteiger partial charge in [-0.05, 0) is 56.0 Å². The summed E-state index contributed by atoms with van der Waals surface area (Å²) >= 11 is 0. The van der Waals surface area contributed by atoms with Crippen molar-refractivity contribution in [2.45, 2.75) is 46.1 Å². The van der Waals surface area contributed by atoms with Crippen molar-refractivity contribution in [1.82, 2.24) is 10.2 Å². The van der Waals surface area contributed by atoms with E-state index in [1.165, 1.54) is 12.1 Å². The Hall–Kier alpha value is -1.97. The number of anilines is 1. The molecule has 112 valence electrons. The molecule has 3 nitrogen and oxygen atoms in total. The van der Waals surface area contributed by atoms with Crippen LogP contribution in [-0.2, 0) is 5.54 Å². The van der Waals surface area contributed by atoms with Crippen LogP contribution >= 0.6 is 0 Å². The van der Waals surface area contributed by atoms with Gasteiger partial charge in [0.1, 0.15) is 5.82 Å². The fourth-order valence-electron chi connectivity index (χ4n) is 2.15. The normalized spacial score (nSPS) is 11.8. The summed E-state index contributed by atoms with van der Waals surface area (Å²) < 4.78 is 13.0. The second-order valence-corrected chi connectivity index (χ2v) is 6.21. The molecule has 0 atom stereocenters. The second-order valence-electron chi connectivity index (χ2n) is 6.21. The van der Waals surface area contributed by atoms with Crippen molar-refractivity contribution in [2.24, 2.45) is 0 Å². The number of halogens is 1. The van der Waals surface area contributed by atoms with Crippen molar-refractivity contribution >= 4 is 5.82 Å². The molecule has 2 rings (SSSR count). The lowest BCUT2D eigenvalue weighted by atomic mass is 9.94. The van der Waals surface area contributed by atoms with Crippen LogP contribution in [0.3, 0.4) is 0 Å². The Morgan fingerprint density at radius 2 is 1.71 bits per heavy atom. The number of hydrogen-bond donors (Lipinski definition) is 1. The van der Waals surface area contributed by atoms with Gasteiger partial charge in [-0.25, -0.2) is 4.39 Å². The molecule has 21 heavy (non-hydrogen) atoms. The van der Waals surface area contributed by atoms with E-state index in [1.807, 2.05) is 20.8 Å². The van der Waals surface area contributed by atoms with Crippen molar-refractivity contribution in [2.75, 3.05) is 5.32 Å². The molecule has 0 aliphatic carbocycles. The van der Waals surface area contributed by atoms with Gasteiger partial charge in [0, 0.05) is 0 Å². The molecule has 2 aromatic rings. The Morgan fingerprint density at radius 1 is 1.10 bits per heavy atom. The smallest absolute Gasteiger partial charge is 0.152 e. The van der Waals surface area contributed by atoms with Crippen LogP contribution in [0.4, 0.5) is 10.2 Å². The van der Waals surface area contributed by atoms with E-state index in [0.29, 0.717) is 5.92 Å². The summed E-state index contributed by atoms with van der Waals surface area (Å²) in [5.41, 5.74) is 2.69. The van der Waals surface area contributed by atoms with Crippen LogP contribution in [-0.4, -0.2) is 10.2 Å². The maximum atomic E-state index is 13.0. The van der Waals surface area contributed by atoms with Crippen LogP contribution in [0.1, 0.15) is 50.4 Å². The highest BCUT2D eigenvalue weighted by atomic mass is 19.1. The Bertz CT molecular complexity index is 618. The first-order valence-corrected chi connectivity index (χ1v) is 7.18. The number of benzene rings is 1. The summed E-state index contributed by atoms with van der Waals surface area (Å²) in [4.78, 5) is 0. The van der Waals surface area contributed by atoms with Gasteiger partial charge in [-0.2, -0.15) is 5.10 Å². The highest BCUT2D eigenvalue weighted by Crippen LogP contribution is 2.27. The molecule has 0 spiro atoms. The molecule has 1 N–H and O–H groups in total. The van der Waals surface area contributed by atoms with Crippen molar-refractivity contribution in [3.8, 4) is 0 Å². The van der Waals surface area contributed by atoms with Crippen molar-refractivity contribution in [3.05, 3.63) is 53.0 Å². The highest BCUT2D eigenvalue weighted by Gasteiger charge is 2.22. The summed E-state index contributed by atoms with van der Waals surface area (Å²) in [5, 5.41) is 11.9.